The predicted octanol–water partition coefficient (Wildman–Crippen LogP) is 2.08. The van der Waals surface area contributed by atoms with E-state index in [4.69, 9.17) is 11.6 Å². The maximum atomic E-state index is 12.0. The van der Waals surface area contributed by atoms with Gasteiger partial charge < -0.3 is 10.4 Å². The van der Waals surface area contributed by atoms with Crippen molar-refractivity contribution >= 4 is 17.5 Å². The molecule has 2 rings (SSSR count). The van der Waals surface area contributed by atoms with Crippen molar-refractivity contribution in [1.29, 1.82) is 0 Å². The van der Waals surface area contributed by atoms with E-state index >= 15 is 0 Å². The Morgan fingerprint density at radius 1 is 1.36 bits per heavy atom. The maximum absolute atomic E-state index is 12.0. The fourth-order valence-corrected chi connectivity index (χ4v) is 2.44. The third-order valence-electron chi connectivity index (χ3n) is 3.74. The largest absolute Gasteiger partial charge is 0.387 e. The SMILES string of the molecule is Cc1nn(C)c(C)c1CC(=O)NCC(O)c1ccc(Cl)cc1. The van der Waals surface area contributed by atoms with Crippen molar-refractivity contribution in [2.45, 2.75) is 26.4 Å². The highest BCUT2D eigenvalue weighted by Gasteiger charge is 2.15. The lowest BCUT2D eigenvalue weighted by molar-refractivity contribution is -0.120. The summed E-state index contributed by atoms with van der Waals surface area (Å²) in [5, 5.41) is 17.7. The molecule has 1 unspecified atom stereocenters. The summed E-state index contributed by atoms with van der Waals surface area (Å²) in [4.78, 5) is 12.0. The first-order valence-electron chi connectivity index (χ1n) is 7.07. The van der Waals surface area contributed by atoms with Crippen molar-refractivity contribution in [3.63, 3.8) is 0 Å². The van der Waals surface area contributed by atoms with Gasteiger partial charge >= 0.3 is 0 Å². The monoisotopic (exact) mass is 321 g/mol. The van der Waals surface area contributed by atoms with Gasteiger partial charge in [-0.1, -0.05) is 23.7 Å². The van der Waals surface area contributed by atoms with Crippen LogP contribution in [0.3, 0.4) is 0 Å². The van der Waals surface area contributed by atoms with Crippen LogP contribution >= 0.6 is 11.6 Å². The minimum Gasteiger partial charge on any atom is -0.387 e. The van der Waals surface area contributed by atoms with Crippen LogP contribution in [0.5, 0.6) is 0 Å². The highest BCUT2D eigenvalue weighted by molar-refractivity contribution is 6.30. The summed E-state index contributed by atoms with van der Waals surface area (Å²) in [6.07, 6.45) is -0.490. The second-order valence-corrected chi connectivity index (χ2v) is 5.76. The van der Waals surface area contributed by atoms with Crippen molar-refractivity contribution in [1.82, 2.24) is 15.1 Å². The van der Waals surface area contributed by atoms with Crippen molar-refractivity contribution < 1.29 is 9.90 Å². The van der Waals surface area contributed by atoms with Crippen LogP contribution in [-0.4, -0.2) is 27.3 Å². The highest BCUT2D eigenvalue weighted by Crippen LogP contribution is 2.16. The van der Waals surface area contributed by atoms with Crippen molar-refractivity contribution in [3.05, 3.63) is 51.8 Å². The van der Waals surface area contributed by atoms with Gasteiger partial charge in [0.1, 0.15) is 0 Å². The average Bonchev–Trinajstić information content (AvgIpc) is 2.72. The standard InChI is InChI=1S/C16H20ClN3O2/c1-10-14(11(2)20(3)19-10)8-16(22)18-9-15(21)12-4-6-13(17)7-5-12/h4-7,15,21H,8-9H2,1-3H3,(H,18,22). The van der Waals surface area contributed by atoms with E-state index in [-0.39, 0.29) is 18.9 Å². The smallest absolute Gasteiger partial charge is 0.224 e. The molecule has 0 aliphatic carbocycles. The van der Waals surface area contributed by atoms with Gasteiger partial charge in [-0.15, -0.1) is 0 Å². The number of amides is 1. The normalized spacial score (nSPS) is 12.2. The first kappa shape index (κ1) is 16.5. The van der Waals surface area contributed by atoms with Crippen LogP contribution in [0.4, 0.5) is 0 Å². The van der Waals surface area contributed by atoms with E-state index < -0.39 is 6.10 Å². The van der Waals surface area contributed by atoms with Crippen LogP contribution in [0.15, 0.2) is 24.3 Å². The number of nitrogens with one attached hydrogen (secondary N) is 1. The molecule has 0 bridgehead atoms. The Morgan fingerprint density at radius 2 is 2.00 bits per heavy atom. The molecule has 0 fully saturated rings. The quantitative estimate of drug-likeness (QED) is 0.886. The van der Waals surface area contributed by atoms with Crippen molar-refractivity contribution in [3.8, 4) is 0 Å². The molecule has 0 aliphatic rings. The summed E-state index contributed by atoms with van der Waals surface area (Å²) >= 11 is 5.81. The number of hydrogen-bond donors (Lipinski definition) is 2. The van der Waals surface area contributed by atoms with Crippen LogP contribution < -0.4 is 5.32 Å². The van der Waals surface area contributed by atoms with Gasteiger partial charge in [-0.25, -0.2) is 0 Å². The van der Waals surface area contributed by atoms with Gasteiger partial charge in [0.25, 0.3) is 0 Å². The zero-order chi connectivity index (χ0) is 16.3. The summed E-state index contributed by atoms with van der Waals surface area (Å²) in [7, 11) is 1.86. The van der Waals surface area contributed by atoms with Gasteiger partial charge in [-0.05, 0) is 31.5 Å². The van der Waals surface area contributed by atoms with Crippen LogP contribution in [0.25, 0.3) is 0 Å². The summed E-state index contributed by atoms with van der Waals surface area (Å²) in [6, 6.07) is 6.91. The Hall–Kier alpha value is -1.85. The molecule has 2 aromatic rings. The fraction of sp³-hybridized carbons (Fsp3) is 0.375. The Balaban J connectivity index is 1.91. The molecule has 1 heterocycles. The molecule has 1 atom stereocenters. The summed E-state index contributed by atoms with van der Waals surface area (Å²) in [6.45, 7) is 3.99. The third-order valence-corrected chi connectivity index (χ3v) is 4.00. The van der Waals surface area contributed by atoms with Gasteiger partial charge in [-0.3, -0.25) is 9.48 Å². The summed E-state index contributed by atoms with van der Waals surface area (Å²) in [5.41, 5.74) is 3.48. The third kappa shape index (κ3) is 3.87. The van der Waals surface area contributed by atoms with Gasteiger partial charge in [-0.2, -0.15) is 5.10 Å². The minimum absolute atomic E-state index is 0.132. The minimum atomic E-state index is -0.752. The molecule has 5 nitrogen and oxygen atoms in total. The molecular formula is C16H20ClN3O2. The zero-order valence-corrected chi connectivity index (χ0v) is 13.7. The van der Waals surface area contributed by atoms with Gasteiger partial charge in [0.2, 0.25) is 5.91 Å². The number of aryl methyl sites for hydroxylation is 2. The van der Waals surface area contributed by atoms with E-state index in [2.05, 4.69) is 10.4 Å². The van der Waals surface area contributed by atoms with Crippen LogP contribution in [0.2, 0.25) is 5.02 Å². The first-order chi connectivity index (χ1) is 10.4. The lowest BCUT2D eigenvalue weighted by Gasteiger charge is -2.12. The molecule has 6 heteroatoms. The van der Waals surface area contributed by atoms with Crippen LogP contribution in [0.1, 0.15) is 28.6 Å². The number of rotatable bonds is 5. The summed E-state index contributed by atoms with van der Waals surface area (Å²) < 4.78 is 1.76. The lowest BCUT2D eigenvalue weighted by atomic mass is 10.1. The second kappa shape index (κ2) is 6.94. The van der Waals surface area contributed by atoms with E-state index in [1.165, 1.54) is 0 Å². The number of nitrogens with zero attached hydrogens (tertiary/aromatic N) is 2. The summed E-state index contributed by atoms with van der Waals surface area (Å²) in [5.74, 6) is -0.132. The first-order valence-corrected chi connectivity index (χ1v) is 7.45. The Morgan fingerprint density at radius 3 is 2.55 bits per heavy atom. The maximum Gasteiger partial charge on any atom is 0.224 e. The van der Waals surface area contributed by atoms with E-state index in [1.807, 2.05) is 20.9 Å². The molecular weight excluding hydrogens is 302 g/mol. The Kier molecular flexibility index (Phi) is 5.21. The number of benzene rings is 1. The number of carbonyl (C=O) groups excluding carboxylic acids is 1. The van der Waals surface area contributed by atoms with E-state index in [0.717, 1.165) is 22.5 Å². The van der Waals surface area contributed by atoms with Crippen molar-refractivity contribution in [2.24, 2.45) is 7.05 Å². The molecule has 0 aliphatic heterocycles. The predicted molar refractivity (Wildman–Crippen MR) is 85.8 cm³/mol. The number of carbonyl (C=O) groups is 1. The van der Waals surface area contributed by atoms with Gasteiger partial charge in [0.15, 0.2) is 0 Å². The molecule has 118 valence electrons. The molecule has 0 spiro atoms. The van der Waals surface area contributed by atoms with Crippen LogP contribution in [-0.2, 0) is 18.3 Å². The van der Waals surface area contributed by atoms with E-state index in [9.17, 15) is 9.90 Å². The van der Waals surface area contributed by atoms with E-state index in [1.54, 1.807) is 28.9 Å². The van der Waals surface area contributed by atoms with Gasteiger partial charge in [0.05, 0.1) is 18.2 Å². The molecule has 2 N–H and O–H groups in total. The van der Waals surface area contributed by atoms with E-state index in [0.29, 0.717) is 5.02 Å². The molecule has 0 radical (unpaired) electrons. The highest BCUT2D eigenvalue weighted by atomic mass is 35.5. The Bertz CT molecular complexity index is 665. The number of hydrogen-bond acceptors (Lipinski definition) is 3. The van der Waals surface area contributed by atoms with Gasteiger partial charge in [0, 0.05) is 29.9 Å². The van der Waals surface area contributed by atoms with Crippen molar-refractivity contribution in [2.75, 3.05) is 6.54 Å². The Labute approximate surface area is 134 Å². The zero-order valence-electron chi connectivity index (χ0n) is 12.9. The molecule has 1 amide bonds. The van der Waals surface area contributed by atoms with Crippen LogP contribution in [0, 0.1) is 13.8 Å². The molecule has 0 saturated carbocycles. The fourth-order valence-electron chi connectivity index (χ4n) is 2.31. The molecule has 22 heavy (non-hydrogen) atoms. The molecule has 1 aromatic carbocycles. The average molecular weight is 322 g/mol. The molecule has 1 aromatic heterocycles. The second-order valence-electron chi connectivity index (χ2n) is 5.32. The number of halogens is 1. The molecule has 0 saturated heterocycles. The number of aromatic nitrogens is 2. The number of aliphatic hydroxyl groups is 1. The number of aliphatic hydroxyl groups excluding tert-OH is 1. The lowest BCUT2D eigenvalue weighted by Crippen LogP contribution is -2.30. The topological polar surface area (TPSA) is 67.2 Å².